The van der Waals surface area contributed by atoms with Crippen LogP contribution in [-0.2, 0) is 9.59 Å². The lowest BCUT2D eigenvalue weighted by atomic mass is 10.4. The molecule has 0 heterocycles. The van der Waals surface area contributed by atoms with E-state index in [0.717, 1.165) is 0 Å². The van der Waals surface area contributed by atoms with Gasteiger partial charge in [0.25, 0.3) is 0 Å². The van der Waals surface area contributed by atoms with Crippen molar-refractivity contribution in [2.75, 3.05) is 26.2 Å². The number of hydrogen-bond acceptors (Lipinski definition) is 3. The van der Waals surface area contributed by atoms with Crippen LogP contribution in [0, 0.1) is 12.3 Å². The van der Waals surface area contributed by atoms with E-state index in [2.05, 4.69) is 17.8 Å². The van der Waals surface area contributed by atoms with Crippen LogP contribution < -0.4 is 5.32 Å². The Balaban J connectivity index is 4.10. The highest BCUT2D eigenvalue weighted by Gasteiger charge is 2.14. The van der Waals surface area contributed by atoms with E-state index in [0.29, 0.717) is 0 Å². The number of amides is 1. The minimum atomic E-state index is -1.05. The van der Waals surface area contributed by atoms with Crippen LogP contribution in [0.4, 0.5) is 0 Å². The summed E-state index contributed by atoms with van der Waals surface area (Å²) < 4.78 is 0. The van der Waals surface area contributed by atoms with Gasteiger partial charge in [-0.15, -0.1) is 13.0 Å². The number of aliphatic carboxylic acids is 1. The standard InChI is InChI=1S/C10H14N2O3/c1-3-5-11-7-9(13)12(6-4-2)8-10(14)15/h1,4,11H,2,5-8H2,(H,14,15). The zero-order valence-electron chi connectivity index (χ0n) is 8.40. The van der Waals surface area contributed by atoms with Gasteiger partial charge in [0.05, 0.1) is 13.1 Å². The maximum absolute atomic E-state index is 11.4. The molecule has 2 N–H and O–H groups in total. The van der Waals surface area contributed by atoms with Gasteiger partial charge in [-0.2, -0.15) is 0 Å². The van der Waals surface area contributed by atoms with E-state index < -0.39 is 5.97 Å². The van der Waals surface area contributed by atoms with Gasteiger partial charge in [-0.25, -0.2) is 0 Å². The lowest BCUT2D eigenvalue weighted by Gasteiger charge is -2.18. The minimum Gasteiger partial charge on any atom is -0.480 e. The first-order valence-corrected chi connectivity index (χ1v) is 4.36. The van der Waals surface area contributed by atoms with Crippen LogP contribution in [0.5, 0.6) is 0 Å². The second-order valence-corrected chi connectivity index (χ2v) is 2.76. The Bertz CT molecular complexity index is 281. The number of nitrogens with one attached hydrogen (secondary N) is 1. The third-order valence-corrected chi connectivity index (χ3v) is 1.53. The Morgan fingerprint density at radius 3 is 2.73 bits per heavy atom. The van der Waals surface area contributed by atoms with E-state index >= 15 is 0 Å². The van der Waals surface area contributed by atoms with Crippen LogP contribution in [0.25, 0.3) is 0 Å². The quantitative estimate of drug-likeness (QED) is 0.331. The molecule has 0 aromatic carbocycles. The Morgan fingerprint density at radius 1 is 1.60 bits per heavy atom. The molecule has 5 nitrogen and oxygen atoms in total. The highest BCUT2D eigenvalue weighted by Crippen LogP contribution is 1.89. The van der Waals surface area contributed by atoms with Crippen LogP contribution in [0.3, 0.4) is 0 Å². The molecule has 5 heteroatoms. The summed E-state index contributed by atoms with van der Waals surface area (Å²) in [5, 5.41) is 11.2. The van der Waals surface area contributed by atoms with Crippen molar-refractivity contribution in [3.05, 3.63) is 12.7 Å². The predicted molar refractivity (Wildman–Crippen MR) is 56.1 cm³/mol. The monoisotopic (exact) mass is 210 g/mol. The summed E-state index contributed by atoms with van der Waals surface area (Å²) in [5.41, 5.74) is 0. The first-order chi connectivity index (χ1) is 7.11. The van der Waals surface area contributed by atoms with Crippen molar-refractivity contribution in [3.8, 4) is 12.3 Å². The van der Waals surface area contributed by atoms with E-state index in [1.54, 1.807) is 0 Å². The molecular weight excluding hydrogens is 196 g/mol. The van der Waals surface area contributed by atoms with Gasteiger partial charge in [0, 0.05) is 6.54 Å². The molecule has 0 aliphatic rings. The fourth-order valence-electron chi connectivity index (χ4n) is 0.927. The Hall–Kier alpha value is -1.80. The summed E-state index contributed by atoms with van der Waals surface area (Å²) in [5.74, 6) is 0.950. The van der Waals surface area contributed by atoms with E-state index in [4.69, 9.17) is 11.5 Å². The second-order valence-electron chi connectivity index (χ2n) is 2.76. The van der Waals surface area contributed by atoms with Gasteiger partial charge in [0.15, 0.2) is 0 Å². The van der Waals surface area contributed by atoms with Crippen LogP contribution in [0.15, 0.2) is 12.7 Å². The van der Waals surface area contributed by atoms with E-state index in [-0.39, 0.29) is 32.1 Å². The Labute approximate surface area is 88.8 Å². The summed E-state index contributed by atoms with van der Waals surface area (Å²) in [7, 11) is 0. The molecule has 0 aromatic heterocycles. The summed E-state index contributed by atoms with van der Waals surface area (Å²) in [4.78, 5) is 23.0. The van der Waals surface area contributed by atoms with Crippen LogP contribution in [-0.4, -0.2) is 48.1 Å². The Morgan fingerprint density at radius 2 is 2.27 bits per heavy atom. The SMILES string of the molecule is C#CCNCC(=O)N(CC=C)CC(=O)O. The molecule has 0 fully saturated rings. The first-order valence-electron chi connectivity index (χ1n) is 4.36. The van der Waals surface area contributed by atoms with Crippen molar-refractivity contribution in [2.24, 2.45) is 0 Å². The number of hydrogen-bond donors (Lipinski definition) is 2. The normalized spacial score (nSPS) is 9.00. The molecule has 0 unspecified atom stereocenters. The molecule has 82 valence electrons. The lowest BCUT2D eigenvalue weighted by Crippen LogP contribution is -2.41. The molecule has 15 heavy (non-hydrogen) atoms. The van der Waals surface area contributed by atoms with Crippen molar-refractivity contribution in [2.45, 2.75) is 0 Å². The molecule has 0 rings (SSSR count). The van der Waals surface area contributed by atoms with Gasteiger partial charge < -0.3 is 10.0 Å². The van der Waals surface area contributed by atoms with Crippen LogP contribution in [0.2, 0.25) is 0 Å². The number of carbonyl (C=O) groups is 2. The number of rotatable bonds is 7. The average Bonchev–Trinajstić information content (AvgIpc) is 2.17. The van der Waals surface area contributed by atoms with Gasteiger partial charge in [0.1, 0.15) is 6.54 Å². The number of carboxylic acid groups (broad SMARTS) is 1. The average molecular weight is 210 g/mol. The van der Waals surface area contributed by atoms with Crippen molar-refractivity contribution < 1.29 is 14.7 Å². The highest BCUT2D eigenvalue weighted by molar-refractivity contribution is 5.82. The molecular formula is C10H14N2O3. The molecule has 0 radical (unpaired) electrons. The summed E-state index contributed by atoms with van der Waals surface area (Å²) in [6.07, 6.45) is 6.46. The molecule has 1 amide bonds. The van der Waals surface area contributed by atoms with Gasteiger partial charge in [-0.05, 0) is 0 Å². The number of carbonyl (C=O) groups excluding carboxylic acids is 1. The molecule has 0 atom stereocenters. The maximum atomic E-state index is 11.4. The van der Waals surface area contributed by atoms with Crippen molar-refractivity contribution in [1.29, 1.82) is 0 Å². The number of terminal acetylenes is 1. The molecule has 0 aliphatic carbocycles. The maximum Gasteiger partial charge on any atom is 0.323 e. The van der Waals surface area contributed by atoms with E-state index in [9.17, 15) is 9.59 Å². The Kier molecular flexibility index (Phi) is 6.68. The van der Waals surface area contributed by atoms with Gasteiger partial charge in [0.2, 0.25) is 5.91 Å². The van der Waals surface area contributed by atoms with Gasteiger partial charge in [-0.1, -0.05) is 12.0 Å². The molecule has 0 aliphatic heterocycles. The fourth-order valence-corrected chi connectivity index (χ4v) is 0.927. The zero-order valence-corrected chi connectivity index (χ0v) is 8.40. The molecule has 0 aromatic rings. The smallest absolute Gasteiger partial charge is 0.323 e. The zero-order chi connectivity index (χ0) is 11.7. The summed E-state index contributed by atoms with van der Waals surface area (Å²) in [6, 6.07) is 0. The van der Waals surface area contributed by atoms with Gasteiger partial charge in [-0.3, -0.25) is 14.9 Å². The van der Waals surface area contributed by atoms with Crippen LogP contribution in [0.1, 0.15) is 0 Å². The number of nitrogens with zero attached hydrogens (tertiary/aromatic N) is 1. The minimum absolute atomic E-state index is 0.0331. The third-order valence-electron chi connectivity index (χ3n) is 1.53. The first kappa shape index (κ1) is 13.2. The summed E-state index contributed by atoms with van der Waals surface area (Å²) >= 11 is 0. The van der Waals surface area contributed by atoms with E-state index in [1.165, 1.54) is 11.0 Å². The van der Waals surface area contributed by atoms with E-state index in [1.807, 2.05) is 0 Å². The van der Waals surface area contributed by atoms with Gasteiger partial charge >= 0.3 is 5.97 Å². The predicted octanol–water partition coefficient (Wildman–Crippen LogP) is -0.692. The molecule has 0 saturated heterocycles. The summed E-state index contributed by atoms with van der Waals surface area (Å²) in [6.45, 7) is 3.64. The van der Waals surface area contributed by atoms with Crippen molar-refractivity contribution in [3.63, 3.8) is 0 Å². The highest BCUT2D eigenvalue weighted by atomic mass is 16.4. The lowest BCUT2D eigenvalue weighted by molar-refractivity contribution is -0.143. The molecule has 0 spiro atoms. The fraction of sp³-hybridized carbons (Fsp3) is 0.400. The van der Waals surface area contributed by atoms with Crippen molar-refractivity contribution >= 4 is 11.9 Å². The van der Waals surface area contributed by atoms with Crippen LogP contribution >= 0.6 is 0 Å². The largest absolute Gasteiger partial charge is 0.480 e. The van der Waals surface area contributed by atoms with Crippen molar-refractivity contribution in [1.82, 2.24) is 10.2 Å². The molecule has 0 bridgehead atoms. The second kappa shape index (κ2) is 7.59. The molecule has 0 saturated carbocycles. The topological polar surface area (TPSA) is 69.6 Å². The third kappa shape index (κ3) is 6.29. The number of carboxylic acids is 1.